The van der Waals surface area contributed by atoms with E-state index in [9.17, 15) is 58.8 Å². The second kappa shape index (κ2) is 15.9. The number of aliphatic hydroxyl groups excluding tert-OH is 5. The first-order chi connectivity index (χ1) is 18.0. The smallest absolute Gasteiger partial charge is 0.756 e. The number of hydrogen-bond donors (Lipinski definition) is 7. The molecule has 0 bridgehead atoms. The number of carbonyl (C=O) groups excluding carboxylic acids is 1. The van der Waals surface area contributed by atoms with Gasteiger partial charge in [-0.3, -0.25) is 32.8 Å². The van der Waals surface area contributed by atoms with Gasteiger partial charge in [0.25, 0.3) is 21.2 Å². The maximum atomic E-state index is 12.3. The Morgan fingerprint density at radius 2 is 1.66 bits per heavy atom. The number of phosphoric acid groups is 2. The number of hydrogen-bond acceptors (Lipinski definition) is 17. The average Bonchev–Trinajstić information content (AvgIpc) is 3.10. The molecule has 0 aliphatic carbocycles. The van der Waals surface area contributed by atoms with E-state index in [0.29, 0.717) is 4.57 Å². The van der Waals surface area contributed by atoms with E-state index in [4.69, 9.17) is 9.47 Å². The molecule has 41 heavy (non-hydrogen) atoms. The van der Waals surface area contributed by atoms with Gasteiger partial charge < -0.3 is 54.6 Å². The summed E-state index contributed by atoms with van der Waals surface area (Å²) in [6.45, 7) is -1.09. The van der Waals surface area contributed by atoms with E-state index >= 15 is 0 Å². The fourth-order valence-corrected chi connectivity index (χ4v) is 5.83. The monoisotopic (exact) mass is 651 g/mol. The summed E-state index contributed by atoms with van der Waals surface area (Å²) >= 11 is 0. The molecular formula is C17H25N3Na2O17P2. The van der Waals surface area contributed by atoms with Gasteiger partial charge >= 0.3 is 64.8 Å². The molecule has 3 heterocycles. The molecule has 2 aliphatic heterocycles. The maximum Gasteiger partial charge on any atom is 1.00 e. The Hall–Kier alpha value is 0.130. The number of nitrogens with zero attached hydrogens (tertiary/aromatic N) is 1. The first-order valence-electron chi connectivity index (χ1n) is 10.9. The molecule has 2 saturated heterocycles. The molecule has 0 saturated carbocycles. The summed E-state index contributed by atoms with van der Waals surface area (Å²) in [6, 6.07) is -0.844. The number of rotatable bonds is 10. The Morgan fingerprint density at radius 3 is 2.22 bits per heavy atom. The van der Waals surface area contributed by atoms with Crippen molar-refractivity contribution < 1.29 is 131 Å². The number of phosphoric ester groups is 2. The van der Waals surface area contributed by atoms with Gasteiger partial charge in [-0.2, -0.15) is 0 Å². The van der Waals surface area contributed by atoms with Crippen LogP contribution in [-0.2, 0) is 36.8 Å². The minimum Gasteiger partial charge on any atom is -0.756 e. The molecule has 0 spiro atoms. The first-order valence-corrected chi connectivity index (χ1v) is 13.9. The normalized spacial score (nSPS) is 34.4. The van der Waals surface area contributed by atoms with Gasteiger partial charge in [0.05, 0.1) is 13.2 Å². The van der Waals surface area contributed by atoms with Crippen molar-refractivity contribution in [3.63, 3.8) is 0 Å². The minimum absolute atomic E-state index is 0. The number of carbonyl (C=O) groups is 1. The first kappa shape index (κ1) is 39.2. The van der Waals surface area contributed by atoms with Crippen LogP contribution >= 0.6 is 15.6 Å². The SMILES string of the molecule is CC(=O)NC1C(OP(=O)([O-])OP(=O)([O-])OC[C@H]2O[C@@H](n3ccc(=O)[nH]c3=O)[C@H](O)[C@@H]2O)OC(CO)C(O)C1O.[Na+].[Na+]. The second-order valence-electron chi connectivity index (χ2n) is 8.37. The van der Waals surface area contributed by atoms with Gasteiger partial charge in [0.1, 0.15) is 42.7 Å². The molecule has 1 amide bonds. The van der Waals surface area contributed by atoms with Gasteiger partial charge in [-0.25, -0.2) is 9.11 Å². The molecule has 2 fully saturated rings. The third-order valence-electron chi connectivity index (χ3n) is 5.54. The maximum absolute atomic E-state index is 12.3. The fourth-order valence-electron chi connectivity index (χ4n) is 3.74. The molecule has 2 aliphatic rings. The molecule has 20 nitrogen and oxygen atoms in total. The topological polar surface area (TPSA) is 312 Å². The van der Waals surface area contributed by atoms with Gasteiger partial charge in [-0.15, -0.1) is 0 Å². The van der Waals surface area contributed by atoms with Gasteiger partial charge in [0.2, 0.25) is 5.91 Å². The van der Waals surface area contributed by atoms with E-state index < -0.39 is 101 Å². The Morgan fingerprint density at radius 1 is 1.05 bits per heavy atom. The third kappa shape index (κ3) is 10.1. The summed E-state index contributed by atoms with van der Waals surface area (Å²) in [5.41, 5.74) is -1.79. The standard InChI is InChI=1S/C17H27N3O17P2.2Na/c1-6(22)18-10-13(26)11(24)7(4-21)35-16(10)36-39(31,32)37-38(29,30)33-5-8-12(25)14(27)15(34-8)20-3-2-9(23)19-17(20)28;;/h2-3,7-8,10-16,21,24-27H,4-5H2,1H3,(H,18,22)(H,29,30)(H,31,32)(H,19,23,28);;/q;2*+1/p-2/t7?,8-,10?,11?,12-,13?,14-,15-,16?;;/m1../s1. The Labute approximate surface area is 274 Å². The van der Waals surface area contributed by atoms with Crippen LogP contribution in [0.1, 0.15) is 13.2 Å². The molecule has 0 aromatic carbocycles. The van der Waals surface area contributed by atoms with E-state index in [2.05, 4.69) is 18.7 Å². The molecule has 7 unspecified atom stereocenters. The predicted molar refractivity (Wildman–Crippen MR) is 116 cm³/mol. The van der Waals surface area contributed by atoms with Crippen LogP contribution in [-0.4, -0.2) is 103 Å². The number of aliphatic hydroxyl groups is 5. The number of nitrogens with one attached hydrogen (secondary N) is 2. The molecule has 1 aromatic heterocycles. The summed E-state index contributed by atoms with van der Waals surface area (Å²) in [4.78, 5) is 60.9. The van der Waals surface area contributed by atoms with Crippen molar-refractivity contribution >= 4 is 21.6 Å². The molecule has 0 radical (unpaired) electrons. The van der Waals surface area contributed by atoms with Crippen LogP contribution in [0.4, 0.5) is 0 Å². The van der Waals surface area contributed by atoms with Crippen molar-refractivity contribution in [3.8, 4) is 0 Å². The van der Waals surface area contributed by atoms with Crippen molar-refractivity contribution in [2.75, 3.05) is 13.2 Å². The van der Waals surface area contributed by atoms with E-state index in [1.165, 1.54) is 0 Å². The van der Waals surface area contributed by atoms with Crippen molar-refractivity contribution in [1.29, 1.82) is 0 Å². The number of ether oxygens (including phenoxy) is 2. The van der Waals surface area contributed by atoms with Crippen molar-refractivity contribution in [1.82, 2.24) is 14.9 Å². The summed E-state index contributed by atoms with van der Waals surface area (Å²) in [5.74, 6) is -0.829. The molecule has 3 rings (SSSR count). The minimum atomic E-state index is -5.94. The zero-order chi connectivity index (χ0) is 29.3. The van der Waals surface area contributed by atoms with Crippen LogP contribution in [0.3, 0.4) is 0 Å². The fraction of sp³-hybridized carbons (Fsp3) is 0.706. The second-order valence-corrected chi connectivity index (χ2v) is 11.3. The van der Waals surface area contributed by atoms with E-state index in [1.54, 1.807) is 0 Å². The molecule has 222 valence electrons. The largest absolute Gasteiger partial charge is 1.00 e. The Bertz CT molecular complexity index is 1250. The molecule has 1 aromatic rings. The van der Waals surface area contributed by atoms with Crippen molar-refractivity contribution in [2.45, 2.75) is 62.1 Å². The summed E-state index contributed by atoms with van der Waals surface area (Å²) in [7, 11) is -11.8. The van der Waals surface area contributed by atoms with Crippen LogP contribution in [0.25, 0.3) is 0 Å². The van der Waals surface area contributed by atoms with Crippen LogP contribution in [0.5, 0.6) is 0 Å². The van der Waals surface area contributed by atoms with Gasteiger partial charge in [-0.1, -0.05) is 0 Å². The molecule has 7 N–H and O–H groups in total. The Balaban J connectivity index is 0.00000420. The van der Waals surface area contributed by atoms with Crippen molar-refractivity contribution in [3.05, 3.63) is 33.1 Å². The van der Waals surface area contributed by atoms with Gasteiger partial charge in [0, 0.05) is 19.2 Å². The summed E-state index contributed by atoms with van der Waals surface area (Å²) < 4.78 is 48.2. The molecular weight excluding hydrogens is 626 g/mol. The number of amides is 1. The van der Waals surface area contributed by atoms with Crippen LogP contribution in [0, 0.1) is 0 Å². The zero-order valence-corrected chi connectivity index (χ0v) is 27.5. The van der Waals surface area contributed by atoms with E-state index in [1.807, 2.05) is 4.98 Å². The summed E-state index contributed by atoms with van der Waals surface area (Å²) in [5, 5.41) is 51.7. The number of H-pyrrole nitrogens is 1. The van der Waals surface area contributed by atoms with E-state index in [-0.39, 0.29) is 59.1 Å². The zero-order valence-electron chi connectivity index (χ0n) is 21.7. The van der Waals surface area contributed by atoms with E-state index in [0.717, 1.165) is 19.2 Å². The number of aromatic amines is 1. The summed E-state index contributed by atoms with van der Waals surface area (Å²) in [6.07, 6.45) is -13.4. The average molecular weight is 651 g/mol. The predicted octanol–water partition coefficient (Wildman–Crippen LogP) is -11.9. The van der Waals surface area contributed by atoms with Crippen LogP contribution in [0.2, 0.25) is 0 Å². The van der Waals surface area contributed by atoms with Crippen LogP contribution < -0.4 is 85.5 Å². The Kier molecular flexibility index (Phi) is 15.2. The third-order valence-corrected chi connectivity index (χ3v) is 8.07. The van der Waals surface area contributed by atoms with Crippen molar-refractivity contribution in [2.24, 2.45) is 0 Å². The van der Waals surface area contributed by atoms with Gasteiger partial charge in [0.15, 0.2) is 12.5 Å². The quantitative estimate of drug-likeness (QED) is 0.0912. The number of aromatic nitrogens is 2. The van der Waals surface area contributed by atoms with Gasteiger partial charge in [-0.05, 0) is 0 Å². The molecule has 11 atom stereocenters. The van der Waals surface area contributed by atoms with Crippen LogP contribution in [0.15, 0.2) is 21.9 Å². The molecule has 24 heteroatoms.